The van der Waals surface area contributed by atoms with Crippen LogP contribution in [0, 0.1) is 23.7 Å². The zero-order valence-corrected chi connectivity index (χ0v) is 17.8. The molecule has 2 saturated carbocycles. The summed E-state index contributed by atoms with van der Waals surface area (Å²) in [6, 6.07) is 9.85. The molecule has 0 amide bonds. The molecule has 2 aliphatic rings. The molecule has 0 aromatic heterocycles. The number of carbonyl (C=O) groups is 1. The number of unbranched alkanes of at least 4 members (excludes halogenated alkanes) is 1. The van der Waals surface area contributed by atoms with Crippen molar-refractivity contribution in [2.45, 2.75) is 51.9 Å². The molecule has 3 rings (SSSR count). The van der Waals surface area contributed by atoms with Crippen LogP contribution in [0.25, 0.3) is 0 Å². The number of hydrazone groups is 1. The number of benzene rings is 1. The van der Waals surface area contributed by atoms with Crippen molar-refractivity contribution in [2.75, 3.05) is 5.32 Å². The molecule has 0 saturated heterocycles. The van der Waals surface area contributed by atoms with Gasteiger partial charge in [0.15, 0.2) is 5.11 Å². The van der Waals surface area contributed by atoms with Crippen molar-refractivity contribution < 1.29 is 9.90 Å². The summed E-state index contributed by atoms with van der Waals surface area (Å²) in [6.07, 6.45) is 11.2. The SMILES string of the molecule is C/C(=N\NC(=S)Nc1ccccc1)[C@@H]1C2CCC(C2)[C@H]1C/C=C\CCCC(=O)O. The number of carboxylic acid groups (broad SMARTS) is 1. The molecule has 29 heavy (non-hydrogen) atoms. The summed E-state index contributed by atoms with van der Waals surface area (Å²) in [4.78, 5) is 10.6. The average Bonchev–Trinajstić information content (AvgIpc) is 3.31. The van der Waals surface area contributed by atoms with E-state index in [9.17, 15) is 4.79 Å². The zero-order chi connectivity index (χ0) is 20.6. The molecule has 0 aliphatic heterocycles. The number of aliphatic carboxylic acids is 1. The van der Waals surface area contributed by atoms with E-state index in [2.05, 4.69) is 34.9 Å². The fourth-order valence-corrected chi connectivity index (χ4v) is 5.20. The van der Waals surface area contributed by atoms with Gasteiger partial charge < -0.3 is 10.4 Å². The van der Waals surface area contributed by atoms with E-state index in [1.165, 1.54) is 19.3 Å². The monoisotopic (exact) mass is 413 g/mol. The van der Waals surface area contributed by atoms with Gasteiger partial charge in [-0.05, 0) is 87.6 Å². The van der Waals surface area contributed by atoms with Crippen LogP contribution < -0.4 is 10.7 Å². The summed E-state index contributed by atoms with van der Waals surface area (Å²) in [5.74, 6) is 1.93. The summed E-state index contributed by atoms with van der Waals surface area (Å²) < 4.78 is 0. The van der Waals surface area contributed by atoms with Gasteiger partial charge in [-0.15, -0.1) is 0 Å². The molecule has 5 nitrogen and oxygen atoms in total. The first-order chi connectivity index (χ1) is 14.0. The Kier molecular flexibility index (Phi) is 7.81. The fourth-order valence-electron chi connectivity index (χ4n) is 5.04. The van der Waals surface area contributed by atoms with Gasteiger partial charge in [-0.2, -0.15) is 5.10 Å². The molecule has 2 bridgehead atoms. The highest BCUT2D eigenvalue weighted by atomic mass is 32.1. The number of nitrogens with one attached hydrogen (secondary N) is 2. The number of hydrogen-bond donors (Lipinski definition) is 3. The van der Waals surface area contributed by atoms with Gasteiger partial charge in [0.1, 0.15) is 0 Å². The van der Waals surface area contributed by atoms with Gasteiger partial charge in [0.25, 0.3) is 0 Å². The first-order valence-corrected chi connectivity index (χ1v) is 11.0. The molecule has 2 unspecified atom stereocenters. The Morgan fingerprint density at radius 1 is 1.24 bits per heavy atom. The second-order valence-corrected chi connectivity index (χ2v) is 8.61. The maximum Gasteiger partial charge on any atom is 0.303 e. The summed E-state index contributed by atoms with van der Waals surface area (Å²) in [6.45, 7) is 2.12. The van der Waals surface area contributed by atoms with E-state index < -0.39 is 5.97 Å². The third-order valence-electron chi connectivity index (χ3n) is 6.27. The molecule has 0 spiro atoms. The lowest BCUT2D eigenvalue weighted by Crippen LogP contribution is -2.31. The van der Waals surface area contributed by atoms with Gasteiger partial charge in [-0.1, -0.05) is 30.4 Å². The van der Waals surface area contributed by atoms with Crippen molar-refractivity contribution >= 4 is 34.7 Å². The lowest BCUT2D eigenvalue weighted by Gasteiger charge is -2.30. The Labute approximate surface area is 178 Å². The number of anilines is 1. The molecule has 0 radical (unpaired) electrons. The summed E-state index contributed by atoms with van der Waals surface area (Å²) in [5, 5.41) is 17.0. The largest absolute Gasteiger partial charge is 0.481 e. The topological polar surface area (TPSA) is 73.7 Å². The number of hydrogen-bond acceptors (Lipinski definition) is 3. The van der Waals surface area contributed by atoms with Crippen LogP contribution in [0.5, 0.6) is 0 Å². The number of para-hydroxylation sites is 1. The number of allylic oxidation sites excluding steroid dienone is 2. The van der Waals surface area contributed by atoms with Crippen LogP contribution in [0.15, 0.2) is 47.6 Å². The smallest absolute Gasteiger partial charge is 0.303 e. The predicted octanol–water partition coefficient (Wildman–Crippen LogP) is 5.21. The van der Waals surface area contributed by atoms with Crippen LogP contribution >= 0.6 is 12.2 Å². The van der Waals surface area contributed by atoms with Gasteiger partial charge >= 0.3 is 5.97 Å². The van der Waals surface area contributed by atoms with Crippen LogP contribution in [0.4, 0.5) is 5.69 Å². The van der Waals surface area contributed by atoms with E-state index in [0.29, 0.717) is 23.4 Å². The van der Waals surface area contributed by atoms with Crippen molar-refractivity contribution in [3.8, 4) is 0 Å². The molecule has 2 aliphatic carbocycles. The fraction of sp³-hybridized carbons (Fsp3) is 0.522. The molecular weight excluding hydrogens is 382 g/mol. The number of thiocarbonyl (C=S) groups is 1. The van der Waals surface area contributed by atoms with Gasteiger partial charge in [0.05, 0.1) is 0 Å². The average molecular weight is 414 g/mol. The zero-order valence-electron chi connectivity index (χ0n) is 17.0. The van der Waals surface area contributed by atoms with Crippen molar-refractivity contribution in [3.05, 3.63) is 42.5 Å². The second kappa shape index (κ2) is 10.5. The van der Waals surface area contributed by atoms with Crippen molar-refractivity contribution in [1.29, 1.82) is 0 Å². The van der Waals surface area contributed by atoms with Crippen molar-refractivity contribution in [1.82, 2.24) is 5.43 Å². The maximum absolute atomic E-state index is 10.6. The van der Waals surface area contributed by atoms with E-state index in [-0.39, 0.29) is 6.42 Å². The van der Waals surface area contributed by atoms with E-state index >= 15 is 0 Å². The highest BCUT2D eigenvalue weighted by Gasteiger charge is 2.47. The first kappa shape index (κ1) is 21.5. The number of carboxylic acids is 1. The van der Waals surface area contributed by atoms with E-state index in [0.717, 1.165) is 36.1 Å². The molecule has 3 N–H and O–H groups in total. The summed E-state index contributed by atoms with van der Waals surface area (Å²) in [7, 11) is 0. The minimum atomic E-state index is -0.717. The molecule has 1 aromatic carbocycles. The maximum atomic E-state index is 10.6. The van der Waals surface area contributed by atoms with Gasteiger partial charge in [0, 0.05) is 23.7 Å². The van der Waals surface area contributed by atoms with Crippen LogP contribution in [-0.2, 0) is 4.79 Å². The number of nitrogens with zero attached hydrogens (tertiary/aromatic N) is 1. The lowest BCUT2D eigenvalue weighted by atomic mass is 9.75. The van der Waals surface area contributed by atoms with Crippen molar-refractivity contribution in [2.24, 2.45) is 28.8 Å². The highest BCUT2D eigenvalue weighted by molar-refractivity contribution is 7.80. The molecule has 4 atom stereocenters. The van der Waals surface area contributed by atoms with Crippen LogP contribution in [0.2, 0.25) is 0 Å². The molecule has 1 aromatic rings. The Balaban J connectivity index is 1.52. The van der Waals surface area contributed by atoms with Gasteiger partial charge in [0.2, 0.25) is 0 Å². The third kappa shape index (κ3) is 6.13. The summed E-state index contributed by atoms with van der Waals surface area (Å²) in [5.41, 5.74) is 5.10. The minimum Gasteiger partial charge on any atom is -0.481 e. The second-order valence-electron chi connectivity index (χ2n) is 8.20. The molecule has 2 fully saturated rings. The molecule has 6 heteroatoms. The Morgan fingerprint density at radius 2 is 2.00 bits per heavy atom. The minimum absolute atomic E-state index is 0.245. The Morgan fingerprint density at radius 3 is 2.76 bits per heavy atom. The van der Waals surface area contributed by atoms with Gasteiger partial charge in [-0.25, -0.2) is 0 Å². The molecule has 0 heterocycles. The number of rotatable bonds is 9. The number of fused-ring (bicyclic) bond motifs is 2. The first-order valence-electron chi connectivity index (χ1n) is 10.6. The lowest BCUT2D eigenvalue weighted by molar-refractivity contribution is -0.137. The van der Waals surface area contributed by atoms with E-state index in [4.69, 9.17) is 17.3 Å². The molecular formula is C23H31N3O2S. The van der Waals surface area contributed by atoms with Crippen molar-refractivity contribution in [3.63, 3.8) is 0 Å². The Hall–Kier alpha value is -2.21. The molecule has 156 valence electrons. The standard InChI is InChI=1S/C23H31N3O2S/c1-16(25-26-23(29)24-19-9-5-4-6-10-19)22-18-14-13-17(15-18)20(22)11-7-2-3-8-12-21(27)28/h2,4-7,9-10,17-18,20,22H,3,8,11-15H2,1H3,(H,27,28)(H2,24,26,29)/b7-2-,25-16+/t17?,18?,20-,22-/m1/s1. The van der Waals surface area contributed by atoms with Gasteiger partial charge in [-0.3, -0.25) is 10.2 Å². The van der Waals surface area contributed by atoms with E-state index in [1.54, 1.807) is 0 Å². The third-order valence-corrected chi connectivity index (χ3v) is 6.47. The predicted molar refractivity (Wildman–Crippen MR) is 122 cm³/mol. The van der Waals surface area contributed by atoms with Crippen LogP contribution in [-0.4, -0.2) is 21.9 Å². The highest BCUT2D eigenvalue weighted by Crippen LogP contribution is 2.54. The Bertz CT molecular complexity index is 763. The van der Waals surface area contributed by atoms with Crippen LogP contribution in [0.3, 0.4) is 0 Å². The summed E-state index contributed by atoms with van der Waals surface area (Å²) >= 11 is 5.37. The van der Waals surface area contributed by atoms with Crippen LogP contribution in [0.1, 0.15) is 51.9 Å². The quantitative estimate of drug-likeness (QED) is 0.170. The van der Waals surface area contributed by atoms with E-state index in [1.807, 2.05) is 30.3 Å². The normalized spacial score (nSPS) is 26.0.